The van der Waals surface area contributed by atoms with Crippen molar-refractivity contribution in [2.75, 3.05) is 17.4 Å². The third-order valence-electron chi connectivity index (χ3n) is 6.81. The number of halogens is 3. The highest BCUT2D eigenvalue weighted by atomic mass is 35.5. The standard InChI is InChI=1S/C30H34Cl3N3O4S/c1-5-6-15-34-30(38)22(4)35(18-23-8-9-25(32)17-28(23)33)29(37)19-36(26-12-7-20(2)21(3)16-26)41(39,40)27-13-10-24(31)11-14-27/h7-14,16-17,22H,5-6,15,18-19H2,1-4H3,(H,34,38)/t22-/m0/s1. The SMILES string of the molecule is CCCCNC(=O)[C@H](C)N(Cc1ccc(Cl)cc1Cl)C(=O)CN(c1ccc(C)c(C)c1)S(=O)(=O)c1ccc(Cl)cc1. The zero-order chi connectivity index (χ0) is 30.3. The van der Waals surface area contributed by atoms with Gasteiger partial charge in [0.15, 0.2) is 0 Å². The Morgan fingerprint density at radius 2 is 1.56 bits per heavy atom. The maximum Gasteiger partial charge on any atom is 0.264 e. The number of nitrogens with zero attached hydrogens (tertiary/aromatic N) is 2. The summed E-state index contributed by atoms with van der Waals surface area (Å²) in [6.07, 6.45) is 1.68. The zero-order valence-corrected chi connectivity index (χ0v) is 26.5. The van der Waals surface area contributed by atoms with E-state index in [0.29, 0.717) is 32.9 Å². The number of benzene rings is 3. The molecule has 0 aromatic heterocycles. The van der Waals surface area contributed by atoms with Crippen LogP contribution in [-0.2, 0) is 26.2 Å². The fraction of sp³-hybridized carbons (Fsp3) is 0.333. The maximum atomic E-state index is 14.0. The van der Waals surface area contributed by atoms with Crippen LogP contribution in [0.3, 0.4) is 0 Å². The van der Waals surface area contributed by atoms with Crippen LogP contribution >= 0.6 is 34.8 Å². The van der Waals surface area contributed by atoms with Crippen molar-refractivity contribution < 1.29 is 18.0 Å². The van der Waals surface area contributed by atoms with Crippen LogP contribution in [-0.4, -0.2) is 44.3 Å². The van der Waals surface area contributed by atoms with E-state index in [4.69, 9.17) is 34.8 Å². The number of unbranched alkanes of at least 4 members (excludes halogenated alkanes) is 1. The Bertz CT molecular complexity index is 1500. The van der Waals surface area contributed by atoms with Gasteiger partial charge in [-0.25, -0.2) is 8.42 Å². The van der Waals surface area contributed by atoms with Gasteiger partial charge in [-0.1, -0.05) is 60.3 Å². The number of amides is 2. The van der Waals surface area contributed by atoms with Gasteiger partial charge in [0.05, 0.1) is 10.6 Å². The van der Waals surface area contributed by atoms with E-state index >= 15 is 0 Å². The van der Waals surface area contributed by atoms with Crippen LogP contribution in [0.25, 0.3) is 0 Å². The lowest BCUT2D eigenvalue weighted by atomic mass is 10.1. The van der Waals surface area contributed by atoms with Crippen molar-refractivity contribution in [1.82, 2.24) is 10.2 Å². The van der Waals surface area contributed by atoms with E-state index in [2.05, 4.69) is 5.32 Å². The molecule has 7 nitrogen and oxygen atoms in total. The Morgan fingerprint density at radius 1 is 0.902 bits per heavy atom. The minimum Gasteiger partial charge on any atom is -0.354 e. The van der Waals surface area contributed by atoms with Crippen LogP contribution in [0.4, 0.5) is 5.69 Å². The number of carbonyl (C=O) groups is 2. The van der Waals surface area contributed by atoms with Gasteiger partial charge in [-0.15, -0.1) is 0 Å². The van der Waals surface area contributed by atoms with Crippen LogP contribution in [0.2, 0.25) is 15.1 Å². The summed E-state index contributed by atoms with van der Waals surface area (Å²) in [4.78, 5) is 28.4. The Kier molecular flexibility index (Phi) is 11.5. The molecule has 0 fully saturated rings. The lowest BCUT2D eigenvalue weighted by molar-refractivity contribution is -0.139. The molecule has 0 saturated carbocycles. The monoisotopic (exact) mass is 637 g/mol. The molecule has 1 N–H and O–H groups in total. The lowest BCUT2D eigenvalue weighted by Gasteiger charge is -2.32. The number of rotatable bonds is 12. The second kappa shape index (κ2) is 14.4. The van der Waals surface area contributed by atoms with Crippen LogP contribution in [0.5, 0.6) is 0 Å². The highest BCUT2D eigenvalue weighted by molar-refractivity contribution is 7.92. The first kappa shape index (κ1) is 32.7. The van der Waals surface area contributed by atoms with E-state index in [0.717, 1.165) is 28.3 Å². The topological polar surface area (TPSA) is 86.8 Å². The molecule has 0 aliphatic heterocycles. The van der Waals surface area contributed by atoms with Gasteiger partial charge in [0.25, 0.3) is 10.0 Å². The predicted molar refractivity (Wildman–Crippen MR) is 166 cm³/mol. The van der Waals surface area contributed by atoms with Crippen molar-refractivity contribution in [1.29, 1.82) is 0 Å². The summed E-state index contributed by atoms with van der Waals surface area (Å²) >= 11 is 18.5. The summed E-state index contributed by atoms with van der Waals surface area (Å²) in [7, 11) is -4.20. The fourth-order valence-electron chi connectivity index (χ4n) is 4.10. The molecule has 0 aliphatic carbocycles. The number of hydrogen-bond acceptors (Lipinski definition) is 4. The number of hydrogen-bond donors (Lipinski definition) is 1. The average molecular weight is 639 g/mol. The number of aryl methyl sites for hydroxylation is 2. The number of sulfonamides is 1. The molecule has 0 radical (unpaired) electrons. The number of carbonyl (C=O) groups excluding carboxylic acids is 2. The molecule has 0 spiro atoms. The van der Waals surface area contributed by atoms with E-state index in [-0.39, 0.29) is 17.3 Å². The molecule has 2 amide bonds. The van der Waals surface area contributed by atoms with E-state index in [1.165, 1.54) is 29.2 Å². The van der Waals surface area contributed by atoms with Crippen molar-refractivity contribution >= 4 is 62.3 Å². The van der Waals surface area contributed by atoms with Gasteiger partial charge in [0.1, 0.15) is 12.6 Å². The normalized spacial score (nSPS) is 12.1. The van der Waals surface area contributed by atoms with Gasteiger partial charge in [-0.05, 0) is 92.4 Å². The number of anilines is 1. The first-order valence-corrected chi connectivity index (χ1v) is 15.8. The van der Waals surface area contributed by atoms with Crippen LogP contribution in [0.15, 0.2) is 65.6 Å². The van der Waals surface area contributed by atoms with Crippen LogP contribution in [0.1, 0.15) is 43.4 Å². The second-order valence-electron chi connectivity index (χ2n) is 9.81. The minimum atomic E-state index is -4.20. The van der Waals surface area contributed by atoms with Crippen LogP contribution < -0.4 is 9.62 Å². The Hall–Kier alpha value is -2.78. The Morgan fingerprint density at radius 3 is 2.17 bits per heavy atom. The summed E-state index contributed by atoms with van der Waals surface area (Å²) in [6.45, 7) is 7.28. The molecule has 0 aliphatic rings. The van der Waals surface area contributed by atoms with E-state index in [1.54, 1.807) is 43.3 Å². The van der Waals surface area contributed by atoms with Crippen molar-refractivity contribution in [3.8, 4) is 0 Å². The summed E-state index contributed by atoms with van der Waals surface area (Å²) in [5, 5.41) is 3.99. The molecule has 41 heavy (non-hydrogen) atoms. The molecule has 0 heterocycles. The quantitative estimate of drug-likeness (QED) is 0.221. The second-order valence-corrected chi connectivity index (χ2v) is 13.0. The molecule has 220 valence electrons. The van der Waals surface area contributed by atoms with Crippen molar-refractivity contribution in [2.24, 2.45) is 0 Å². The third kappa shape index (κ3) is 8.38. The summed E-state index contributed by atoms with van der Waals surface area (Å²) in [6, 6.07) is 14.9. The smallest absolute Gasteiger partial charge is 0.264 e. The third-order valence-corrected chi connectivity index (χ3v) is 9.44. The molecule has 3 rings (SSSR count). The van der Waals surface area contributed by atoms with E-state index in [1.807, 2.05) is 20.8 Å². The molecular weight excluding hydrogens is 605 g/mol. The van der Waals surface area contributed by atoms with Gasteiger partial charge in [0.2, 0.25) is 11.8 Å². The molecule has 11 heteroatoms. The molecule has 0 bridgehead atoms. The Labute approximate surface area is 257 Å². The minimum absolute atomic E-state index is 0.0226. The molecular formula is C30H34Cl3N3O4S. The first-order valence-electron chi connectivity index (χ1n) is 13.2. The summed E-state index contributed by atoms with van der Waals surface area (Å²) < 4.78 is 28.9. The predicted octanol–water partition coefficient (Wildman–Crippen LogP) is 6.79. The summed E-state index contributed by atoms with van der Waals surface area (Å²) in [5.41, 5.74) is 2.72. The van der Waals surface area contributed by atoms with Gasteiger partial charge in [0, 0.05) is 28.2 Å². The lowest BCUT2D eigenvalue weighted by Crippen LogP contribution is -2.51. The van der Waals surface area contributed by atoms with E-state index < -0.39 is 28.5 Å². The fourth-order valence-corrected chi connectivity index (χ4v) is 6.10. The van der Waals surface area contributed by atoms with Crippen molar-refractivity contribution in [3.05, 3.63) is 92.4 Å². The maximum absolute atomic E-state index is 14.0. The highest BCUT2D eigenvalue weighted by Gasteiger charge is 2.33. The van der Waals surface area contributed by atoms with Gasteiger partial charge in [-0.2, -0.15) is 0 Å². The van der Waals surface area contributed by atoms with Crippen LogP contribution in [0, 0.1) is 13.8 Å². The molecule has 0 unspecified atom stereocenters. The van der Waals surface area contributed by atoms with Crippen molar-refractivity contribution in [2.45, 2.75) is 58.0 Å². The largest absolute Gasteiger partial charge is 0.354 e. The molecule has 0 saturated heterocycles. The Balaban J connectivity index is 2.05. The highest BCUT2D eigenvalue weighted by Crippen LogP contribution is 2.28. The molecule has 3 aromatic carbocycles. The van der Waals surface area contributed by atoms with Crippen molar-refractivity contribution in [3.63, 3.8) is 0 Å². The number of nitrogens with one attached hydrogen (secondary N) is 1. The summed E-state index contributed by atoms with van der Waals surface area (Å²) in [5.74, 6) is -0.930. The zero-order valence-electron chi connectivity index (χ0n) is 23.5. The van der Waals surface area contributed by atoms with Gasteiger partial charge in [-0.3, -0.25) is 13.9 Å². The van der Waals surface area contributed by atoms with E-state index in [9.17, 15) is 18.0 Å². The van der Waals surface area contributed by atoms with Gasteiger partial charge < -0.3 is 10.2 Å². The van der Waals surface area contributed by atoms with Gasteiger partial charge >= 0.3 is 0 Å². The molecule has 3 aromatic rings. The molecule has 1 atom stereocenters. The average Bonchev–Trinajstić information content (AvgIpc) is 2.92. The first-order chi connectivity index (χ1) is 19.3.